The topological polar surface area (TPSA) is 32.8 Å². The molecule has 136 valence electrons. The van der Waals surface area contributed by atoms with Crippen molar-refractivity contribution >= 4 is 29.4 Å². The van der Waals surface area contributed by atoms with Crippen LogP contribution in [-0.4, -0.2) is 40.5 Å². The van der Waals surface area contributed by atoms with Gasteiger partial charge in [0.15, 0.2) is 6.23 Å². The second kappa shape index (κ2) is 7.51. The molecule has 2 aromatic rings. The lowest BCUT2D eigenvalue weighted by Gasteiger charge is -2.25. The van der Waals surface area contributed by atoms with Crippen LogP contribution in [0.2, 0.25) is 5.02 Å². The van der Waals surface area contributed by atoms with Gasteiger partial charge in [-0.1, -0.05) is 54.1 Å². The highest BCUT2D eigenvalue weighted by molar-refractivity contribution is 7.99. The summed E-state index contributed by atoms with van der Waals surface area (Å²) in [4.78, 5) is 17.1. The van der Waals surface area contributed by atoms with E-state index in [1.165, 1.54) is 0 Å². The molecule has 0 N–H and O–H groups in total. The Morgan fingerprint density at radius 2 is 1.88 bits per heavy atom. The molecule has 0 bridgehead atoms. The molecule has 2 aliphatic rings. The third kappa shape index (κ3) is 3.20. The summed E-state index contributed by atoms with van der Waals surface area (Å²) in [5, 5.41) is 0.746. The van der Waals surface area contributed by atoms with Crippen LogP contribution in [0.25, 0.3) is 0 Å². The molecule has 2 fully saturated rings. The molecule has 26 heavy (non-hydrogen) atoms. The zero-order valence-electron chi connectivity index (χ0n) is 14.5. The highest BCUT2D eigenvalue weighted by Crippen LogP contribution is 2.47. The fourth-order valence-electron chi connectivity index (χ4n) is 3.64. The van der Waals surface area contributed by atoms with E-state index >= 15 is 0 Å². The van der Waals surface area contributed by atoms with Crippen molar-refractivity contribution in [2.75, 3.05) is 12.4 Å². The highest BCUT2D eigenvalue weighted by atomic mass is 35.5. The Labute approximate surface area is 163 Å². The van der Waals surface area contributed by atoms with E-state index in [2.05, 4.69) is 12.1 Å². The monoisotopic (exact) mass is 388 g/mol. The number of carbonyl (C=O) groups is 1. The van der Waals surface area contributed by atoms with E-state index in [9.17, 15) is 4.79 Å². The van der Waals surface area contributed by atoms with Crippen LogP contribution in [0.15, 0.2) is 54.6 Å². The van der Waals surface area contributed by atoms with E-state index < -0.39 is 0 Å². The molecular weight excluding hydrogens is 368 g/mol. The SMILES string of the molecule is CCOC1[C@@H]2CSC(c3ccccc3)N2C(=O)N1Cc1ccc(Cl)cc1. The zero-order valence-corrected chi connectivity index (χ0v) is 16.1. The fourth-order valence-corrected chi connectivity index (χ4v) is 5.23. The summed E-state index contributed by atoms with van der Waals surface area (Å²) in [5.74, 6) is 0.882. The number of nitrogens with zero attached hydrogens (tertiary/aromatic N) is 2. The van der Waals surface area contributed by atoms with Crippen molar-refractivity contribution in [2.24, 2.45) is 0 Å². The summed E-state index contributed by atoms with van der Waals surface area (Å²) < 4.78 is 6.00. The molecule has 0 aromatic heterocycles. The molecule has 0 radical (unpaired) electrons. The lowest BCUT2D eigenvalue weighted by atomic mass is 10.2. The Hall–Kier alpha value is -1.69. The number of thioether (sulfide) groups is 1. The van der Waals surface area contributed by atoms with E-state index in [-0.39, 0.29) is 23.7 Å². The maximum absolute atomic E-state index is 13.3. The van der Waals surface area contributed by atoms with Crippen molar-refractivity contribution in [1.82, 2.24) is 9.80 Å². The molecule has 6 heteroatoms. The van der Waals surface area contributed by atoms with Gasteiger partial charge in [0.25, 0.3) is 0 Å². The van der Waals surface area contributed by atoms with Gasteiger partial charge < -0.3 is 9.64 Å². The average molecular weight is 389 g/mol. The van der Waals surface area contributed by atoms with Gasteiger partial charge in [0, 0.05) is 17.4 Å². The van der Waals surface area contributed by atoms with E-state index in [0.29, 0.717) is 18.2 Å². The molecule has 0 spiro atoms. The van der Waals surface area contributed by atoms with Gasteiger partial charge in [-0.3, -0.25) is 4.90 Å². The molecule has 0 saturated carbocycles. The summed E-state index contributed by atoms with van der Waals surface area (Å²) in [6.07, 6.45) is -0.218. The van der Waals surface area contributed by atoms with Crippen LogP contribution < -0.4 is 0 Å². The van der Waals surface area contributed by atoms with Gasteiger partial charge in [-0.2, -0.15) is 0 Å². The largest absolute Gasteiger partial charge is 0.356 e. The Balaban J connectivity index is 1.61. The first-order chi connectivity index (χ1) is 12.7. The molecule has 3 atom stereocenters. The maximum atomic E-state index is 13.3. The van der Waals surface area contributed by atoms with Gasteiger partial charge in [0.2, 0.25) is 0 Å². The van der Waals surface area contributed by atoms with E-state index in [4.69, 9.17) is 16.3 Å². The molecule has 0 aliphatic carbocycles. The standard InChI is InChI=1S/C20H21ClN2O2S/c1-2-25-18-17-13-26-19(15-6-4-3-5-7-15)23(17)20(24)22(18)12-14-8-10-16(21)11-9-14/h3-11,17-19H,2,12-13H2,1H3/t17-,18?,19?/m0/s1. The molecule has 2 aromatic carbocycles. The van der Waals surface area contributed by atoms with E-state index in [1.54, 1.807) is 0 Å². The third-order valence-electron chi connectivity index (χ3n) is 4.83. The summed E-state index contributed by atoms with van der Waals surface area (Å²) in [7, 11) is 0. The van der Waals surface area contributed by atoms with Crippen molar-refractivity contribution in [3.8, 4) is 0 Å². The van der Waals surface area contributed by atoms with Gasteiger partial charge in [-0.05, 0) is 30.2 Å². The van der Waals surface area contributed by atoms with Gasteiger partial charge in [-0.15, -0.1) is 11.8 Å². The summed E-state index contributed by atoms with van der Waals surface area (Å²) in [5.41, 5.74) is 2.22. The van der Waals surface area contributed by atoms with E-state index in [0.717, 1.165) is 16.9 Å². The Morgan fingerprint density at radius 1 is 1.15 bits per heavy atom. The number of hydrogen-bond donors (Lipinski definition) is 0. The lowest BCUT2D eigenvalue weighted by molar-refractivity contribution is -0.0313. The first kappa shape index (κ1) is 17.7. The molecule has 4 nitrogen and oxygen atoms in total. The lowest BCUT2D eigenvalue weighted by Crippen LogP contribution is -2.39. The summed E-state index contributed by atoms with van der Waals surface area (Å²) in [6.45, 7) is 3.09. The quantitative estimate of drug-likeness (QED) is 0.740. The normalized spacial score (nSPS) is 25.0. The first-order valence-corrected chi connectivity index (χ1v) is 10.2. The maximum Gasteiger partial charge on any atom is 0.324 e. The van der Waals surface area contributed by atoms with E-state index in [1.807, 2.05) is 71.0 Å². The number of ether oxygens (including phenoxy) is 1. The van der Waals surface area contributed by atoms with Crippen LogP contribution in [0, 0.1) is 0 Å². The molecule has 2 saturated heterocycles. The Kier molecular flexibility index (Phi) is 5.11. The number of fused-ring (bicyclic) bond motifs is 1. The predicted molar refractivity (Wildman–Crippen MR) is 105 cm³/mol. The number of rotatable bonds is 5. The summed E-state index contributed by atoms with van der Waals surface area (Å²) in [6, 6.07) is 18.0. The van der Waals surface area contributed by atoms with Gasteiger partial charge in [0.1, 0.15) is 5.37 Å². The third-order valence-corrected chi connectivity index (χ3v) is 6.43. The number of amides is 2. The smallest absolute Gasteiger partial charge is 0.324 e. The average Bonchev–Trinajstić information content (AvgIpc) is 3.20. The minimum absolute atomic E-state index is 0.0438. The minimum Gasteiger partial charge on any atom is -0.356 e. The molecule has 4 rings (SSSR count). The molecular formula is C20H21ClN2O2S. The van der Waals surface area contributed by atoms with Gasteiger partial charge in [-0.25, -0.2) is 4.79 Å². The molecule has 2 aliphatic heterocycles. The fraction of sp³-hybridized carbons (Fsp3) is 0.350. The Morgan fingerprint density at radius 3 is 2.58 bits per heavy atom. The second-order valence-electron chi connectivity index (χ2n) is 6.45. The molecule has 2 heterocycles. The van der Waals surface area contributed by atoms with Crippen LogP contribution in [0.3, 0.4) is 0 Å². The molecule has 2 unspecified atom stereocenters. The predicted octanol–water partition coefficient (Wildman–Crippen LogP) is 4.75. The van der Waals surface area contributed by atoms with Crippen molar-refractivity contribution in [1.29, 1.82) is 0 Å². The van der Waals surface area contributed by atoms with Crippen molar-refractivity contribution in [3.05, 3.63) is 70.7 Å². The van der Waals surface area contributed by atoms with Crippen molar-refractivity contribution in [2.45, 2.75) is 31.1 Å². The number of halogens is 1. The number of urea groups is 1. The number of hydrogen-bond acceptors (Lipinski definition) is 3. The van der Waals surface area contributed by atoms with Crippen molar-refractivity contribution < 1.29 is 9.53 Å². The Bertz CT molecular complexity index is 771. The van der Waals surface area contributed by atoms with Crippen LogP contribution in [0.4, 0.5) is 4.79 Å². The van der Waals surface area contributed by atoms with Gasteiger partial charge in [0.05, 0.1) is 12.6 Å². The first-order valence-electron chi connectivity index (χ1n) is 8.80. The van der Waals surface area contributed by atoms with Crippen LogP contribution in [-0.2, 0) is 11.3 Å². The van der Waals surface area contributed by atoms with Crippen LogP contribution in [0.5, 0.6) is 0 Å². The number of benzene rings is 2. The molecule has 2 amide bonds. The second-order valence-corrected chi connectivity index (χ2v) is 8.00. The minimum atomic E-state index is -0.218. The zero-order chi connectivity index (χ0) is 18.1. The van der Waals surface area contributed by atoms with Crippen molar-refractivity contribution in [3.63, 3.8) is 0 Å². The van der Waals surface area contributed by atoms with Crippen LogP contribution in [0.1, 0.15) is 23.4 Å². The highest BCUT2D eigenvalue weighted by Gasteiger charge is 2.53. The number of carbonyl (C=O) groups excluding carboxylic acids is 1. The van der Waals surface area contributed by atoms with Crippen LogP contribution >= 0.6 is 23.4 Å². The summed E-state index contributed by atoms with van der Waals surface area (Å²) >= 11 is 7.80. The van der Waals surface area contributed by atoms with Gasteiger partial charge >= 0.3 is 6.03 Å².